The molecule has 0 amide bonds. The van der Waals surface area contributed by atoms with E-state index in [1.807, 2.05) is 6.07 Å². The van der Waals surface area contributed by atoms with Gasteiger partial charge in [-0.15, -0.1) is 0 Å². The number of ether oxygens (including phenoxy) is 1. The van der Waals surface area contributed by atoms with Gasteiger partial charge in [-0.2, -0.15) is 0 Å². The number of hydrogen-bond donors (Lipinski definition) is 1. The van der Waals surface area contributed by atoms with Crippen LogP contribution >= 0.6 is 0 Å². The number of pyridine rings is 1. The second kappa shape index (κ2) is 6.92. The molecule has 0 unspecified atom stereocenters. The molecule has 0 radical (unpaired) electrons. The van der Waals surface area contributed by atoms with Crippen LogP contribution in [0.3, 0.4) is 0 Å². The van der Waals surface area contributed by atoms with E-state index in [2.05, 4.69) is 21.1 Å². The molecule has 1 aromatic rings. The average Bonchev–Trinajstić information content (AvgIpc) is 2.48. The van der Waals surface area contributed by atoms with Gasteiger partial charge in [-0.05, 0) is 44.2 Å². The molecule has 1 aromatic heterocycles. The smallest absolute Gasteiger partial charge is 0.356 e. The fourth-order valence-corrected chi connectivity index (χ4v) is 2.26. The lowest BCUT2D eigenvalue weighted by atomic mass is 9.97. The first-order valence-corrected chi connectivity index (χ1v) is 6.76. The van der Waals surface area contributed by atoms with Gasteiger partial charge < -0.3 is 10.1 Å². The van der Waals surface area contributed by atoms with Crippen LogP contribution in [0.4, 0.5) is 5.69 Å². The van der Waals surface area contributed by atoms with Crippen molar-refractivity contribution in [2.45, 2.75) is 32.1 Å². The molecule has 19 heavy (non-hydrogen) atoms. The van der Waals surface area contributed by atoms with E-state index in [-0.39, 0.29) is 0 Å². The molecule has 0 spiro atoms. The Morgan fingerprint density at radius 3 is 3.11 bits per heavy atom. The Bertz CT molecular complexity index is 469. The number of nitrogens with zero attached hydrogens (tertiary/aromatic N) is 1. The average molecular weight is 260 g/mol. The van der Waals surface area contributed by atoms with E-state index in [0.29, 0.717) is 5.69 Å². The zero-order chi connectivity index (χ0) is 13.5. The fourth-order valence-electron chi connectivity index (χ4n) is 2.26. The van der Waals surface area contributed by atoms with Crippen LogP contribution < -0.4 is 5.32 Å². The lowest BCUT2D eigenvalue weighted by molar-refractivity contribution is 0.0594. The highest BCUT2D eigenvalue weighted by atomic mass is 16.5. The Hall–Kier alpha value is -1.84. The van der Waals surface area contributed by atoms with Crippen LogP contribution in [0.2, 0.25) is 0 Å². The Balaban J connectivity index is 1.85. The van der Waals surface area contributed by atoms with E-state index in [0.717, 1.165) is 18.7 Å². The highest BCUT2D eigenvalue weighted by molar-refractivity contribution is 5.88. The van der Waals surface area contributed by atoms with Crippen molar-refractivity contribution in [3.63, 3.8) is 0 Å². The van der Waals surface area contributed by atoms with E-state index >= 15 is 0 Å². The van der Waals surface area contributed by atoms with Gasteiger partial charge in [-0.25, -0.2) is 9.78 Å². The topological polar surface area (TPSA) is 51.2 Å². The van der Waals surface area contributed by atoms with Crippen LogP contribution in [0.5, 0.6) is 0 Å². The molecule has 0 fully saturated rings. The predicted molar refractivity (Wildman–Crippen MR) is 75.2 cm³/mol. The SMILES string of the molecule is COC(=O)c1cc(NCCC2=CCCCC2)ccn1. The third-order valence-corrected chi connectivity index (χ3v) is 3.31. The lowest BCUT2D eigenvalue weighted by Gasteiger charge is -2.13. The van der Waals surface area contributed by atoms with Crippen molar-refractivity contribution >= 4 is 11.7 Å². The molecule has 102 valence electrons. The van der Waals surface area contributed by atoms with Crippen LogP contribution in [0.25, 0.3) is 0 Å². The molecule has 2 rings (SSSR count). The number of hydrogen-bond acceptors (Lipinski definition) is 4. The van der Waals surface area contributed by atoms with Crippen molar-refractivity contribution in [3.05, 3.63) is 35.7 Å². The van der Waals surface area contributed by atoms with Crippen molar-refractivity contribution in [2.24, 2.45) is 0 Å². The van der Waals surface area contributed by atoms with E-state index in [9.17, 15) is 4.79 Å². The first-order chi connectivity index (χ1) is 9.29. The molecule has 1 aliphatic rings. The number of anilines is 1. The lowest BCUT2D eigenvalue weighted by Crippen LogP contribution is -2.07. The van der Waals surface area contributed by atoms with Crippen molar-refractivity contribution in [2.75, 3.05) is 19.0 Å². The molecule has 0 aromatic carbocycles. The van der Waals surface area contributed by atoms with E-state index < -0.39 is 5.97 Å². The molecule has 1 heterocycles. The van der Waals surface area contributed by atoms with Gasteiger partial charge in [-0.3, -0.25) is 0 Å². The Morgan fingerprint density at radius 1 is 1.47 bits per heavy atom. The molecule has 0 atom stereocenters. The number of rotatable bonds is 5. The molecule has 1 aliphatic carbocycles. The monoisotopic (exact) mass is 260 g/mol. The first kappa shape index (κ1) is 13.6. The summed E-state index contributed by atoms with van der Waals surface area (Å²) >= 11 is 0. The minimum atomic E-state index is -0.404. The number of aromatic nitrogens is 1. The standard InChI is InChI=1S/C15H20N2O2/c1-19-15(18)14-11-13(8-10-17-14)16-9-7-12-5-3-2-4-6-12/h5,8,10-11H,2-4,6-7,9H2,1H3,(H,16,17). The van der Waals surface area contributed by atoms with Gasteiger partial charge in [0.25, 0.3) is 0 Å². The van der Waals surface area contributed by atoms with Crippen molar-refractivity contribution in [1.29, 1.82) is 0 Å². The van der Waals surface area contributed by atoms with E-state index in [4.69, 9.17) is 0 Å². The van der Waals surface area contributed by atoms with Gasteiger partial charge in [0, 0.05) is 18.4 Å². The molecular weight excluding hydrogens is 240 g/mol. The van der Waals surface area contributed by atoms with Crippen molar-refractivity contribution < 1.29 is 9.53 Å². The number of esters is 1. The van der Waals surface area contributed by atoms with Crippen molar-refractivity contribution in [1.82, 2.24) is 4.98 Å². The summed E-state index contributed by atoms with van der Waals surface area (Å²) in [5.41, 5.74) is 2.79. The molecule has 0 saturated heterocycles. The highest BCUT2D eigenvalue weighted by Crippen LogP contribution is 2.20. The third kappa shape index (κ3) is 4.09. The molecule has 4 heteroatoms. The summed E-state index contributed by atoms with van der Waals surface area (Å²) in [5, 5.41) is 3.32. The Labute approximate surface area is 113 Å². The second-order valence-corrected chi connectivity index (χ2v) is 4.71. The van der Waals surface area contributed by atoms with Gasteiger partial charge in [0.15, 0.2) is 0 Å². The maximum atomic E-state index is 11.4. The molecule has 0 aliphatic heterocycles. The number of allylic oxidation sites excluding steroid dienone is 1. The van der Waals surface area contributed by atoms with Crippen LogP contribution in [-0.2, 0) is 4.74 Å². The minimum absolute atomic E-state index is 0.337. The zero-order valence-electron chi connectivity index (χ0n) is 11.3. The zero-order valence-corrected chi connectivity index (χ0v) is 11.3. The minimum Gasteiger partial charge on any atom is -0.464 e. The summed E-state index contributed by atoms with van der Waals surface area (Å²) in [7, 11) is 1.36. The summed E-state index contributed by atoms with van der Waals surface area (Å²) < 4.78 is 4.65. The van der Waals surface area contributed by atoms with Gasteiger partial charge in [0.1, 0.15) is 5.69 Å². The first-order valence-electron chi connectivity index (χ1n) is 6.76. The summed E-state index contributed by atoms with van der Waals surface area (Å²) in [6, 6.07) is 3.59. The number of carbonyl (C=O) groups is 1. The number of nitrogens with one attached hydrogen (secondary N) is 1. The molecular formula is C15H20N2O2. The van der Waals surface area contributed by atoms with Gasteiger partial charge in [-0.1, -0.05) is 11.6 Å². The molecule has 1 N–H and O–H groups in total. The van der Waals surface area contributed by atoms with Crippen LogP contribution in [0, 0.1) is 0 Å². The molecule has 0 bridgehead atoms. The second-order valence-electron chi connectivity index (χ2n) is 4.71. The number of methoxy groups -OCH3 is 1. The quantitative estimate of drug-likeness (QED) is 0.652. The van der Waals surface area contributed by atoms with E-state index in [1.54, 1.807) is 17.8 Å². The van der Waals surface area contributed by atoms with Gasteiger partial charge in [0.05, 0.1) is 7.11 Å². The maximum Gasteiger partial charge on any atom is 0.356 e. The Kier molecular flexibility index (Phi) is 4.95. The third-order valence-electron chi connectivity index (χ3n) is 3.31. The maximum absolute atomic E-state index is 11.4. The largest absolute Gasteiger partial charge is 0.464 e. The van der Waals surface area contributed by atoms with Crippen LogP contribution in [0.1, 0.15) is 42.6 Å². The summed E-state index contributed by atoms with van der Waals surface area (Å²) in [6.07, 6.45) is 10.1. The number of carbonyl (C=O) groups excluding carboxylic acids is 1. The van der Waals surface area contributed by atoms with E-state index in [1.165, 1.54) is 32.8 Å². The summed E-state index contributed by atoms with van der Waals surface area (Å²) in [6.45, 7) is 0.885. The van der Waals surface area contributed by atoms with Crippen LogP contribution in [-0.4, -0.2) is 24.6 Å². The molecule has 0 saturated carbocycles. The Morgan fingerprint density at radius 2 is 2.37 bits per heavy atom. The van der Waals surface area contributed by atoms with Gasteiger partial charge in [0.2, 0.25) is 0 Å². The highest BCUT2D eigenvalue weighted by Gasteiger charge is 2.07. The summed E-state index contributed by atoms with van der Waals surface area (Å²) in [4.78, 5) is 15.3. The fraction of sp³-hybridized carbons (Fsp3) is 0.467. The predicted octanol–water partition coefficient (Wildman–Crippen LogP) is 3.17. The normalized spacial score (nSPS) is 14.7. The van der Waals surface area contributed by atoms with Crippen molar-refractivity contribution in [3.8, 4) is 0 Å². The van der Waals surface area contributed by atoms with Crippen LogP contribution in [0.15, 0.2) is 30.0 Å². The van der Waals surface area contributed by atoms with Gasteiger partial charge >= 0.3 is 5.97 Å². The molecule has 4 nitrogen and oxygen atoms in total. The summed E-state index contributed by atoms with van der Waals surface area (Å²) in [5.74, 6) is -0.404.